The summed E-state index contributed by atoms with van der Waals surface area (Å²) in [6.45, 7) is 10.5. The first-order chi connectivity index (χ1) is 25.0. The molecule has 258 valence electrons. The lowest BCUT2D eigenvalue weighted by Gasteiger charge is -2.25. The first-order valence-corrected chi connectivity index (χ1v) is 19.4. The van der Waals surface area contributed by atoms with Gasteiger partial charge in [0.25, 0.3) is 0 Å². The summed E-state index contributed by atoms with van der Waals surface area (Å²) in [7, 11) is 0. The SMILES string of the molecule is CCOC(CC)c1ccc(N(c2cccc(C)c2)c2cc3cc4sc(N(c5ccc(C6OCCO6)cc5)c5cccc(C)c5)cc4cc3s2)cc1. The Morgan fingerprint density at radius 1 is 0.627 bits per heavy atom. The molecular weight excluding hydrogens is 669 g/mol. The van der Waals surface area contributed by atoms with E-state index in [1.165, 1.54) is 46.9 Å². The van der Waals surface area contributed by atoms with Gasteiger partial charge in [0.2, 0.25) is 0 Å². The molecule has 0 aliphatic carbocycles. The van der Waals surface area contributed by atoms with E-state index >= 15 is 0 Å². The summed E-state index contributed by atoms with van der Waals surface area (Å²) in [5.74, 6) is 0. The maximum atomic E-state index is 6.01. The molecule has 0 saturated carbocycles. The molecule has 7 aromatic rings. The van der Waals surface area contributed by atoms with Gasteiger partial charge in [-0.3, -0.25) is 0 Å². The molecule has 51 heavy (non-hydrogen) atoms. The smallest absolute Gasteiger partial charge is 0.184 e. The van der Waals surface area contributed by atoms with E-state index in [9.17, 15) is 0 Å². The Labute approximate surface area is 308 Å². The molecule has 0 bridgehead atoms. The van der Waals surface area contributed by atoms with E-state index in [0.29, 0.717) is 19.8 Å². The molecule has 0 N–H and O–H groups in total. The van der Waals surface area contributed by atoms with Crippen LogP contribution in [0.3, 0.4) is 0 Å². The van der Waals surface area contributed by atoms with Crippen molar-refractivity contribution in [1.29, 1.82) is 0 Å². The van der Waals surface area contributed by atoms with Gasteiger partial charge in [-0.15, -0.1) is 22.7 Å². The second-order valence-electron chi connectivity index (χ2n) is 13.1. The van der Waals surface area contributed by atoms with Gasteiger partial charge in [-0.25, -0.2) is 0 Å². The molecule has 1 atom stereocenters. The molecular formula is C44H42N2O3S2. The quantitative estimate of drug-likeness (QED) is 0.133. The fourth-order valence-electron chi connectivity index (χ4n) is 6.93. The van der Waals surface area contributed by atoms with Gasteiger partial charge in [-0.1, -0.05) is 55.5 Å². The zero-order valence-electron chi connectivity index (χ0n) is 29.5. The summed E-state index contributed by atoms with van der Waals surface area (Å²) in [6, 6.07) is 44.3. The Morgan fingerprint density at radius 2 is 1.14 bits per heavy atom. The second kappa shape index (κ2) is 14.6. The van der Waals surface area contributed by atoms with Gasteiger partial charge < -0.3 is 24.0 Å². The van der Waals surface area contributed by atoms with Crippen molar-refractivity contribution in [2.45, 2.75) is 46.5 Å². The summed E-state index contributed by atoms with van der Waals surface area (Å²) >= 11 is 3.66. The number of ether oxygens (including phenoxy) is 3. The van der Waals surface area contributed by atoms with Gasteiger partial charge >= 0.3 is 0 Å². The van der Waals surface area contributed by atoms with Crippen molar-refractivity contribution in [1.82, 2.24) is 0 Å². The number of anilines is 6. The second-order valence-corrected chi connectivity index (χ2v) is 15.2. The fraction of sp³-hybridized carbons (Fsp3) is 0.227. The Kier molecular flexibility index (Phi) is 9.64. The van der Waals surface area contributed by atoms with Crippen molar-refractivity contribution in [3.05, 3.63) is 144 Å². The van der Waals surface area contributed by atoms with Crippen LogP contribution >= 0.6 is 22.7 Å². The zero-order valence-corrected chi connectivity index (χ0v) is 31.1. The standard InChI is InChI=1S/C44H42N2O3S2/c1-5-39(47-6-2)31-13-17-35(18-14-31)45(37-11-7-9-29(3)23-37)42-27-33-25-41-34(26-40(33)50-42)28-43(51-41)46(38-12-8-10-30(4)24-38)36-19-15-32(16-20-36)44-48-21-22-49-44/h7-20,23-28,39,44H,5-6,21-22H2,1-4H3. The molecule has 7 heteroatoms. The molecule has 5 aromatic carbocycles. The maximum Gasteiger partial charge on any atom is 0.184 e. The lowest BCUT2D eigenvalue weighted by atomic mass is 10.1. The summed E-state index contributed by atoms with van der Waals surface area (Å²) in [4.78, 5) is 4.74. The predicted molar refractivity (Wildman–Crippen MR) is 215 cm³/mol. The number of fused-ring (bicyclic) bond motifs is 2. The minimum Gasteiger partial charge on any atom is -0.374 e. The van der Waals surface area contributed by atoms with Gasteiger partial charge in [-0.2, -0.15) is 0 Å². The van der Waals surface area contributed by atoms with E-state index < -0.39 is 0 Å². The van der Waals surface area contributed by atoms with Crippen LogP contribution in [-0.4, -0.2) is 19.8 Å². The van der Waals surface area contributed by atoms with Crippen LogP contribution in [0, 0.1) is 13.8 Å². The molecule has 1 aliphatic heterocycles. The molecule has 0 spiro atoms. The Hall–Kier alpha value is -4.50. The fourth-order valence-corrected chi connectivity index (χ4v) is 9.20. The van der Waals surface area contributed by atoms with Crippen LogP contribution in [0.5, 0.6) is 0 Å². The van der Waals surface area contributed by atoms with Crippen LogP contribution in [0.2, 0.25) is 0 Å². The number of hydrogen-bond acceptors (Lipinski definition) is 7. The van der Waals surface area contributed by atoms with E-state index in [4.69, 9.17) is 14.2 Å². The largest absolute Gasteiger partial charge is 0.374 e. The Morgan fingerprint density at radius 3 is 1.61 bits per heavy atom. The maximum absolute atomic E-state index is 6.01. The Bertz CT molecular complexity index is 2220. The molecule has 1 saturated heterocycles. The lowest BCUT2D eigenvalue weighted by Crippen LogP contribution is -2.09. The third-order valence-electron chi connectivity index (χ3n) is 9.40. The summed E-state index contributed by atoms with van der Waals surface area (Å²) in [5, 5.41) is 4.85. The van der Waals surface area contributed by atoms with Crippen LogP contribution in [0.25, 0.3) is 20.2 Å². The van der Waals surface area contributed by atoms with Gasteiger partial charge in [0.15, 0.2) is 6.29 Å². The van der Waals surface area contributed by atoms with Crippen molar-refractivity contribution in [3.63, 3.8) is 0 Å². The lowest BCUT2D eigenvalue weighted by molar-refractivity contribution is -0.0441. The number of aryl methyl sites for hydroxylation is 2. The van der Waals surface area contributed by atoms with Crippen LogP contribution in [0.1, 0.15) is 54.9 Å². The van der Waals surface area contributed by atoms with Gasteiger partial charge in [0.05, 0.1) is 19.3 Å². The normalized spacial score (nSPS) is 14.0. The third-order valence-corrected chi connectivity index (χ3v) is 11.6. The van der Waals surface area contributed by atoms with Gasteiger partial charge in [-0.05, 0) is 127 Å². The molecule has 0 amide bonds. The minimum absolute atomic E-state index is 0.112. The highest BCUT2D eigenvalue weighted by molar-refractivity contribution is 7.24. The minimum atomic E-state index is -0.288. The molecule has 2 aromatic heterocycles. The van der Waals surface area contributed by atoms with Gasteiger partial charge in [0.1, 0.15) is 10.0 Å². The topological polar surface area (TPSA) is 34.2 Å². The molecule has 5 nitrogen and oxygen atoms in total. The van der Waals surface area contributed by atoms with Crippen LogP contribution < -0.4 is 9.80 Å². The van der Waals surface area contributed by atoms with Crippen molar-refractivity contribution in [3.8, 4) is 0 Å². The highest BCUT2D eigenvalue weighted by Gasteiger charge is 2.22. The molecule has 0 radical (unpaired) electrons. The van der Waals surface area contributed by atoms with Crippen molar-refractivity contribution >= 4 is 75.6 Å². The van der Waals surface area contributed by atoms with Gasteiger partial charge in [0, 0.05) is 44.3 Å². The van der Waals surface area contributed by atoms with E-state index in [1.807, 2.05) is 22.7 Å². The number of rotatable bonds is 11. The molecule has 1 aliphatic rings. The first-order valence-electron chi connectivity index (χ1n) is 17.7. The molecule has 8 rings (SSSR count). The van der Waals surface area contributed by atoms with Crippen LogP contribution in [-0.2, 0) is 14.2 Å². The monoisotopic (exact) mass is 710 g/mol. The van der Waals surface area contributed by atoms with E-state index in [1.54, 1.807) is 0 Å². The van der Waals surface area contributed by atoms with Crippen molar-refractivity contribution < 1.29 is 14.2 Å². The molecule has 1 unspecified atom stereocenters. The number of nitrogens with zero attached hydrogens (tertiary/aromatic N) is 2. The highest BCUT2D eigenvalue weighted by atomic mass is 32.1. The summed E-state index contributed by atoms with van der Waals surface area (Å²) in [6.07, 6.45) is 0.772. The Balaban J connectivity index is 1.17. The van der Waals surface area contributed by atoms with Crippen molar-refractivity contribution in [2.24, 2.45) is 0 Å². The highest BCUT2D eigenvalue weighted by Crippen LogP contribution is 2.47. The molecule has 3 heterocycles. The van der Waals surface area contributed by atoms with Crippen molar-refractivity contribution in [2.75, 3.05) is 29.6 Å². The summed E-state index contributed by atoms with van der Waals surface area (Å²) < 4.78 is 20.1. The number of benzene rings is 5. The van der Waals surface area contributed by atoms with Crippen LogP contribution in [0.15, 0.2) is 121 Å². The molecule has 1 fully saturated rings. The number of thiophene rings is 2. The predicted octanol–water partition coefficient (Wildman–Crippen LogP) is 13.2. The van der Waals surface area contributed by atoms with E-state index in [2.05, 4.69) is 159 Å². The average molecular weight is 711 g/mol. The van der Waals surface area contributed by atoms with Crippen LogP contribution in [0.4, 0.5) is 32.8 Å². The average Bonchev–Trinajstić information content (AvgIpc) is 3.91. The zero-order chi connectivity index (χ0) is 34.9. The van der Waals surface area contributed by atoms with E-state index in [0.717, 1.165) is 34.7 Å². The first kappa shape index (κ1) is 33.6. The third kappa shape index (κ3) is 6.93. The van der Waals surface area contributed by atoms with E-state index in [-0.39, 0.29) is 12.4 Å². The number of hydrogen-bond donors (Lipinski definition) is 0. The summed E-state index contributed by atoms with van der Waals surface area (Å²) in [5.41, 5.74) is 9.24.